The summed E-state index contributed by atoms with van der Waals surface area (Å²) in [4.78, 5) is 16.7. The van der Waals surface area contributed by atoms with Crippen molar-refractivity contribution < 1.29 is 4.39 Å². The number of benzene rings is 1. The van der Waals surface area contributed by atoms with Crippen molar-refractivity contribution in [3.05, 3.63) is 39.7 Å². The Labute approximate surface area is 120 Å². The normalized spacial score (nSPS) is 20.0. The molecule has 4 nitrogen and oxygen atoms in total. The Morgan fingerprint density at radius 3 is 3.10 bits per heavy atom. The van der Waals surface area contributed by atoms with Gasteiger partial charge in [0.1, 0.15) is 5.82 Å². The highest BCUT2D eigenvalue weighted by molar-refractivity contribution is 6.28. The molecule has 1 unspecified atom stereocenters. The zero-order chi connectivity index (χ0) is 14.1. The number of halogens is 2. The molecule has 1 atom stereocenters. The van der Waals surface area contributed by atoms with E-state index in [2.05, 4.69) is 10.3 Å². The first kappa shape index (κ1) is 13.5. The van der Waals surface area contributed by atoms with Gasteiger partial charge in [-0.15, -0.1) is 0 Å². The van der Waals surface area contributed by atoms with Crippen LogP contribution in [0.3, 0.4) is 0 Å². The third kappa shape index (κ3) is 2.43. The van der Waals surface area contributed by atoms with Crippen molar-refractivity contribution in [3.8, 4) is 0 Å². The van der Waals surface area contributed by atoms with Gasteiger partial charge >= 0.3 is 0 Å². The van der Waals surface area contributed by atoms with Gasteiger partial charge in [-0.3, -0.25) is 9.36 Å². The molecule has 1 aromatic carbocycles. The molecule has 0 saturated carbocycles. The van der Waals surface area contributed by atoms with Gasteiger partial charge < -0.3 is 5.32 Å². The zero-order valence-electron chi connectivity index (χ0n) is 10.9. The van der Waals surface area contributed by atoms with Gasteiger partial charge in [-0.25, -0.2) is 9.37 Å². The maximum absolute atomic E-state index is 13.2. The highest BCUT2D eigenvalue weighted by Gasteiger charge is 2.19. The molecule has 0 spiro atoms. The molecule has 6 heteroatoms. The van der Waals surface area contributed by atoms with Gasteiger partial charge in [-0.2, -0.15) is 0 Å². The Morgan fingerprint density at radius 1 is 1.40 bits per heavy atom. The predicted octanol–water partition coefficient (Wildman–Crippen LogP) is 2.50. The van der Waals surface area contributed by atoms with Gasteiger partial charge in [0, 0.05) is 12.6 Å². The minimum absolute atomic E-state index is 0.000506. The smallest absolute Gasteiger partial charge is 0.262 e. The lowest BCUT2D eigenvalue weighted by Crippen LogP contribution is -2.32. The van der Waals surface area contributed by atoms with Crippen LogP contribution in [0.15, 0.2) is 23.0 Å². The number of nitrogens with one attached hydrogen (secondary N) is 1. The molecule has 106 valence electrons. The highest BCUT2D eigenvalue weighted by atomic mass is 35.5. The highest BCUT2D eigenvalue weighted by Crippen LogP contribution is 2.21. The number of rotatable bonds is 1. The maximum Gasteiger partial charge on any atom is 0.262 e. The minimum atomic E-state index is -0.422. The van der Waals surface area contributed by atoms with E-state index in [0.29, 0.717) is 17.4 Å². The number of aromatic nitrogens is 2. The fourth-order valence-corrected chi connectivity index (χ4v) is 2.99. The van der Waals surface area contributed by atoms with Gasteiger partial charge in [0.25, 0.3) is 5.56 Å². The van der Waals surface area contributed by atoms with E-state index >= 15 is 0 Å². The summed E-state index contributed by atoms with van der Waals surface area (Å²) in [5, 5.41) is 3.83. The lowest BCUT2D eigenvalue weighted by molar-refractivity contribution is 0.447. The number of hydrogen-bond acceptors (Lipinski definition) is 3. The second-order valence-corrected chi connectivity index (χ2v) is 5.41. The lowest BCUT2D eigenvalue weighted by Gasteiger charge is -2.19. The average Bonchev–Trinajstić information content (AvgIpc) is 2.67. The van der Waals surface area contributed by atoms with Crippen molar-refractivity contribution in [3.63, 3.8) is 0 Å². The second kappa shape index (κ2) is 5.50. The molecule has 1 aliphatic heterocycles. The van der Waals surface area contributed by atoms with Crippen molar-refractivity contribution in [1.29, 1.82) is 0 Å². The van der Waals surface area contributed by atoms with Crippen LogP contribution in [0.4, 0.5) is 4.39 Å². The molecule has 20 heavy (non-hydrogen) atoms. The summed E-state index contributed by atoms with van der Waals surface area (Å²) in [7, 11) is 0. The molecular weight excluding hydrogens is 281 g/mol. The second-order valence-electron chi connectivity index (χ2n) is 5.07. The predicted molar refractivity (Wildman–Crippen MR) is 76.7 cm³/mol. The first-order valence-corrected chi connectivity index (χ1v) is 7.12. The molecule has 2 heterocycles. The monoisotopic (exact) mass is 295 g/mol. The Morgan fingerprint density at radius 2 is 2.25 bits per heavy atom. The molecule has 3 rings (SSSR count). The Bertz CT molecular complexity index is 693. The van der Waals surface area contributed by atoms with Crippen LogP contribution in [-0.4, -0.2) is 22.6 Å². The van der Waals surface area contributed by atoms with E-state index in [9.17, 15) is 9.18 Å². The molecule has 1 N–H and O–H groups in total. The SMILES string of the molecule is O=c1c2ccc(F)cc2nc(Cl)n1C1CCCCNC1. The lowest BCUT2D eigenvalue weighted by atomic mass is 10.1. The summed E-state index contributed by atoms with van der Waals surface area (Å²) in [5.74, 6) is -0.422. The van der Waals surface area contributed by atoms with Crippen LogP contribution in [0, 0.1) is 5.82 Å². The van der Waals surface area contributed by atoms with Gasteiger partial charge in [0.2, 0.25) is 5.28 Å². The van der Waals surface area contributed by atoms with E-state index in [1.165, 1.54) is 22.8 Å². The minimum Gasteiger partial charge on any atom is -0.315 e. The Hall–Kier alpha value is -1.46. The quantitative estimate of drug-likeness (QED) is 0.822. The first-order chi connectivity index (χ1) is 9.66. The van der Waals surface area contributed by atoms with Crippen molar-refractivity contribution >= 4 is 22.5 Å². The van der Waals surface area contributed by atoms with Gasteiger partial charge in [0.15, 0.2) is 0 Å². The number of hydrogen-bond donors (Lipinski definition) is 1. The van der Waals surface area contributed by atoms with Crippen LogP contribution in [0.25, 0.3) is 10.9 Å². The fraction of sp³-hybridized carbons (Fsp3) is 0.429. The van der Waals surface area contributed by atoms with Crippen LogP contribution in [-0.2, 0) is 0 Å². The van der Waals surface area contributed by atoms with E-state index in [4.69, 9.17) is 11.6 Å². The molecule has 0 amide bonds. The van der Waals surface area contributed by atoms with E-state index in [1.807, 2.05) is 0 Å². The van der Waals surface area contributed by atoms with Crippen LogP contribution in [0.1, 0.15) is 25.3 Å². The van der Waals surface area contributed by atoms with E-state index in [-0.39, 0.29) is 16.9 Å². The van der Waals surface area contributed by atoms with Gasteiger partial charge in [-0.05, 0) is 43.1 Å². The summed E-state index contributed by atoms with van der Waals surface area (Å²) in [6.45, 7) is 1.66. The summed E-state index contributed by atoms with van der Waals surface area (Å²) >= 11 is 6.15. The molecule has 1 aromatic heterocycles. The van der Waals surface area contributed by atoms with Crippen molar-refractivity contribution in [1.82, 2.24) is 14.9 Å². The molecular formula is C14H15ClFN3O. The van der Waals surface area contributed by atoms with Crippen LogP contribution in [0.5, 0.6) is 0 Å². The van der Waals surface area contributed by atoms with Crippen molar-refractivity contribution in [2.75, 3.05) is 13.1 Å². The third-order valence-corrected chi connectivity index (χ3v) is 3.97. The molecule has 0 radical (unpaired) electrons. The van der Waals surface area contributed by atoms with Crippen molar-refractivity contribution in [2.24, 2.45) is 0 Å². The summed E-state index contributed by atoms with van der Waals surface area (Å²) in [5.41, 5.74) is 0.103. The average molecular weight is 296 g/mol. The third-order valence-electron chi connectivity index (χ3n) is 3.71. The Balaban J connectivity index is 2.15. The summed E-state index contributed by atoms with van der Waals surface area (Å²) in [6.07, 6.45) is 3.03. The fourth-order valence-electron chi connectivity index (χ4n) is 2.68. The standard InChI is InChI=1S/C14H15ClFN3O/c15-14-18-12-7-9(16)4-5-11(12)13(20)19(14)10-3-1-2-6-17-8-10/h4-5,7,10,17H,1-3,6,8H2. The molecule has 2 aromatic rings. The summed E-state index contributed by atoms with van der Waals surface area (Å²) in [6, 6.07) is 3.98. The van der Waals surface area contributed by atoms with E-state index in [1.54, 1.807) is 0 Å². The first-order valence-electron chi connectivity index (χ1n) is 6.75. The molecule has 1 aliphatic rings. The molecule has 1 saturated heterocycles. The van der Waals surface area contributed by atoms with Crippen LogP contribution in [0.2, 0.25) is 5.28 Å². The van der Waals surface area contributed by atoms with Gasteiger partial charge in [0.05, 0.1) is 16.9 Å². The molecule has 0 aliphatic carbocycles. The number of fused-ring (bicyclic) bond motifs is 1. The largest absolute Gasteiger partial charge is 0.315 e. The van der Waals surface area contributed by atoms with E-state index < -0.39 is 5.82 Å². The summed E-state index contributed by atoms with van der Waals surface area (Å²) < 4.78 is 14.7. The topological polar surface area (TPSA) is 46.9 Å². The zero-order valence-corrected chi connectivity index (χ0v) is 11.7. The molecule has 0 bridgehead atoms. The Kier molecular flexibility index (Phi) is 3.72. The molecule has 1 fully saturated rings. The van der Waals surface area contributed by atoms with Crippen LogP contribution >= 0.6 is 11.6 Å². The number of nitrogens with zero attached hydrogens (tertiary/aromatic N) is 2. The van der Waals surface area contributed by atoms with Crippen molar-refractivity contribution in [2.45, 2.75) is 25.3 Å². The van der Waals surface area contributed by atoms with Gasteiger partial charge in [-0.1, -0.05) is 6.42 Å². The maximum atomic E-state index is 13.2. The van der Waals surface area contributed by atoms with E-state index in [0.717, 1.165) is 25.8 Å². The van der Waals surface area contributed by atoms with Crippen LogP contribution < -0.4 is 10.9 Å².